The number of carboxylic acid groups (broad SMARTS) is 1. The minimum atomic E-state index is -1.15. The topological polar surface area (TPSA) is 92.7 Å². The molecular formula is C10H17NO5. The molecule has 0 bridgehead atoms. The quantitative estimate of drug-likeness (QED) is 0.635. The third kappa shape index (κ3) is 5.33. The van der Waals surface area contributed by atoms with Crippen LogP contribution in [0, 0.1) is 5.92 Å². The molecule has 0 radical (unpaired) electrons. The van der Waals surface area contributed by atoms with Crippen molar-refractivity contribution in [3.63, 3.8) is 0 Å². The Morgan fingerprint density at radius 2 is 1.88 bits per heavy atom. The molecule has 0 spiro atoms. The molecule has 0 aliphatic heterocycles. The highest BCUT2D eigenvalue weighted by Crippen LogP contribution is 2.01. The maximum atomic E-state index is 11.3. The average molecular weight is 231 g/mol. The van der Waals surface area contributed by atoms with E-state index in [1.165, 1.54) is 7.11 Å². The van der Waals surface area contributed by atoms with Gasteiger partial charge in [0.2, 0.25) is 5.91 Å². The molecule has 2 N–H and O–H groups in total. The predicted octanol–water partition coefficient (Wildman–Crippen LogP) is 0.165. The molecule has 0 aromatic rings. The van der Waals surface area contributed by atoms with Gasteiger partial charge in [0.15, 0.2) is 0 Å². The second kappa shape index (κ2) is 6.81. The molecule has 0 heterocycles. The third-order valence-electron chi connectivity index (χ3n) is 2.00. The monoisotopic (exact) mass is 231 g/mol. The number of rotatable bonds is 6. The molecule has 16 heavy (non-hydrogen) atoms. The Kier molecular flexibility index (Phi) is 6.14. The lowest BCUT2D eigenvalue weighted by molar-refractivity contribution is -0.144. The van der Waals surface area contributed by atoms with Gasteiger partial charge in [-0.1, -0.05) is 13.8 Å². The van der Waals surface area contributed by atoms with Crippen molar-refractivity contribution in [1.29, 1.82) is 0 Å². The van der Waals surface area contributed by atoms with Crippen LogP contribution in [0.5, 0.6) is 0 Å². The number of hydrogen-bond donors (Lipinski definition) is 2. The molecule has 0 saturated carbocycles. The van der Waals surface area contributed by atoms with Gasteiger partial charge < -0.3 is 15.2 Å². The molecule has 0 aromatic carbocycles. The largest absolute Gasteiger partial charge is 0.480 e. The predicted molar refractivity (Wildman–Crippen MR) is 55.7 cm³/mol. The number of carboxylic acids is 1. The van der Waals surface area contributed by atoms with Crippen molar-refractivity contribution in [1.82, 2.24) is 5.32 Å². The lowest BCUT2D eigenvalue weighted by Crippen LogP contribution is -2.42. The van der Waals surface area contributed by atoms with Crippen molar-refractivity contribution in [2.24, 2.45) is 5.92 Å². The lowest BCUT2D eigenvalue weighted by Gasteiger charge is -2.15. The van der Waals surface area contributed by atoms with Crippen molar-refractivity contribution in [2.75, 3.05) is 7.11 Å². The van der Waals surface area contributed by atoms with Gasteiger partial charge in [-0.2, -0.15) is 0 Å². The lowest BCUT2D eigenvalue weighted by atomic mass is 10.1. The molecule has 0 fully saturated rings. The van der Waals surface area contributed by atoms with Crippen LogP contribution in [0.15, 0.2) is 0 Å². The van der Waals surface area contributed by atoms with Crippen LogP contribution in [0.4, 0.5) is 0 Å². The van der Waals surface area contributed by atoms with Crippen molar-refractivity contribution in [3.05, 3.63) is 0 Å². The fraction of sp³-hybridized carbons (Fsp3) is 0.700. The molecule has 0 aliphatic rings. The minimum Gasteiger partial charge on any atom is -0.480 e. The van der Waals surface area contributed by atoms with Crippen LogP contribution in [0.1, 0.15) is 26.7 Å². The highest BCUT2D eigenvalue weighted by atomic mass is 16.5. The molecule has 0 rings (SSSR count). The summed E-state index contributed by atoms with van der Waals surface area (Å²) in [5, 5.41) is 11.2. The minimum absolute atomic E-state index is 0.0282. The van der Waals surface area contributed by atoms with Crippen LogP contribution >= 0.6 is 0 Å². The summed E-state index contributed by atoms with van der Waals surface area (Å²) in [6, 6.07) is -1.05. The molecule has 0 aliphatic carbocycles. The number of nitrogens with one attached hydrogen (secondary N) is 1. The van der Waals surface area contributed by atoms with E-state index in [0.29, 0.717) is 0 Å². The van der Waals surface area contributed by atoms with Crippen LogP contribution in [-0.2, 0) is 19.1 Å². The van der Waals surface area contributed by atoms with E-state index >= 15 is 0 Å². The maximum absolute atomic E-state index is 11.3. The Morgan fingerprint density at radius 1 is 1.31 bits per heavy atom. The Hall–Kier alpha value is -1.59. The maximum Gasteiger partial charge on any atom is 0.326 e. The standard InChI is InChI=1S/C10H17NO5/c1-6(2)9(13)11-7(10(14)15)4-5-8(12)16-3/h6-7H,4-5H2,1-3H3,(H,11,13)(H,14,15)/t7-/m0/s1. The first kappa shape index (κ1) is 14.4. The summed E-state index contributed by atoms with van der Waals surface area (Å²) < 4.78 is 4.39. The Morgan fingerprint density at radius 3 is 2.25 bits per heavy atom. The average Bonchev–Trinajstić information content (AvgIpc) is 2.22. The summed E-state index contributed by atoms with van der Waals surface area (Å²) in [5.74, 6) is -2.29. The van der Waals surface area contributed by atoms with Gasteiger partial charge >= 0.3 is 11.9 Å². The fourth-order valence-corrected chi connectivity index (χ4v) is 0.960. The van der Waals surface area contributed by atoms with Crippen molar-refractivity contribution < 1.29 is 24.2 Å². The smallest absolute Gasteiger partial charge is 0.326 e. The van der Waals surface area contributed by atoms with Crippen LogP contribution in [0.3, 0.4) is 0 Å². The van der Waals surface area contributed by atoms with Gasteiger partial charge in [-0.05, 0) is 6.42 Å². The Labute approximate surface area is 94.0 Å². The molecule has 0 aromatic heterocycles. The summed E-state index contributed by atoms with van der Waals surface area (Å²) in [6.45, 7) is 3.32. The van der Waals surface area contributed by atoms with E-state index in [9.17, 15) is 14.4 Å². The van der Waals surface area contributed by atoms with E-state index in [0.717, 1.165) is 0 Å². The van der Waals surface area contributed by atoms with E-state index in [-0.39, 0.29) is 24.7 Å². The molecule has 0 saturated heterocycles. The second-order valence-corrected chi connectivity index (χ2v) is 3.67. The van der Waals surface area contributed by atoms with E-state index < -0.39 is 18.0 Å². The number of methoxy groups -OCH3 is 1. The first-order valence-electron chi connectivity index (χ1n) is 4.98. The van der Waals surface area contributed by atoms with Gasteiger partial charge in [0.25, 0.3) is 0 Å². The van der Waals surface area contributed by atoms with Crippen molar-refractivity contribution >= 4 is 17.8 Å². The molecule has 6 heteroatoms. The first-order chi connectivity index (χ1) is 7.38. The van der Waals surface area contributed by atoms with Gasteiger partial charge in [0, 0.05) is 12.3 Å². The van der Waals surface area contributed by atoms with Gasteiger partial charge in [-0.15, -0.1) is 0 Å². The summed E-state index contributed by atoms with van der Waals surface area (Å²) in [7, 11) is 1.23. The Bertz CT molecular complexity index is 274. The highest BCUT2D eigenvalue weighted by Gasteiger charge is 2.22. The van der Waals surface area contributed by atoms with Crippen molar-refractivity contribution in [3.8, 4) is 0 Å². The van der Waals surface area contributed by atoms with Gasteiger partial charge in [0.05, 0.1) is 7.11 Å². The van der Waals surface area contributed by atoms with E-state index in [1.807, 2.05) is 0 Å². The number of esters is 1. The summed E-state index contributed by atoms with van der Waals surface area (Å²) in [5.41, 5.74) is 0. The fourth-order valence-electron chi connectivity index (χ4n) is 0.960. The normalized spacial score (nSPS) is 12.0. The van der Waals surface area contributed by atoms with Gasteiger partial charge in [-0.3, -0.25) is 9.59 Å². The zero-order chi connectivity index (χ0) is 12.7. The highest BCUT2D eigenvalue weighted by molar-refractivity contribution is 5.84. The number of aliphatic carboxylic acids is 1. The molecule has 1 amide bonds. The zero-order valence-corrected chi connectivity index (χ0v) is 9.65. The number of amides is 1. The Balaban J connectivity index is 4.24. The molecule has 6 nitrogen and oxygen atoms in total. The van der Waals surface area contributed by atoms with Crippen LogP contribution in [0.25, 0.3) is 0 Å². The molecular weight excluding hydrogens is 214 g/mol. The summed E-state index contributed by atoms with van der Waals surface area (Å²) in [6.07, 6.45) is -0.00763. The number of ether oxygens (including phenoxy) is 1. The number of carbonyl (C=O) groups is 3. The summed E-state index contributed by atoms with van der Waals surface area (Å²) in [4.78, 5) is 32.9. The van der Waals surface area contributed by atoms with E-state index in [4.69, 9.17) is 5.11 Å². The van der Waals surface area contributed by atoms with Crippen LogP contribution in [0.2, 0.25) is 0 Å². The molecule has 1 atom stereocenters. The third-order valence-corrected chi connectivity index (χ3v) is 2.00. The van der Waals surface area contributed by atoms with Crippen LogP contribution < -0.4 is 5.32 Å². The SMILES string of the molecule is COC(=O)CC[C@H](NC(=O)C(C)C)C(=O)O. The second-order valence-electron chi connectivity index (χ2n) is 3.67. The number of carbonyl (C=O) groups excluding carboxylic acids is 2. The van der Waals surface area contributed by atoms with E-state index in [1.54, 1.807) is 13.8 Å². The van der Waals surface area contributed by atoms with Gasteiger partial charge in [0.1, 0.15) is 6.04 Å². The van der Waals surface area contributed by atoms with Gasteiger partial charge in [-0.25, -0.2) is 4.79 Å². The molecule has 0 unspecified atom stereocenters. The zero-order valence-electron chi connectivity index (χ0n) is 9.65. The first-order valence-corrected chi connectivity index (χ1v) is 4.98. The van der Waals surface area contributed by atoms with E-state index in [2.05, 4.69) is 10.1 Å². The summed E-state index contributed by atoms with van der Waals surface area (Å²) >= 11 is 0. The molecule has 92 valence electrons. The van der Waals surface area contributed by atoms with Crippen LogP contribution in [-0.4, -0.2) is 36.1 Å². The number of hydrogen-bond acceptors (Lipinski definition) is 4. The van der Waals surface area contributed by atoms with Crippen molar-refractivity contribution in [2.45, 2.75) is 32.7 Å².